The molecule has 0 aromatic heterocycles. The molecule has 0 aliphatic rings. The van der Waals surface area contributed by atoms with Crippen LogP contribution in [-0.2, 0) is 9.84 Å². The van der Waals surface area contributed by atoms with Gasteiger partial charge in [0.25, 0.3) is 0 Å². The van der Waals surface area contributed by atoms with Crippen LogP contribution >= 0.6 is 0 Å². The van der Waals surface area contributed by atoms with E-state index < -0.39 is 16.0 Å². The molecule has 6 heteroatoms. The molecular weight excluding hydrogens is 351 g/mol. The lowest BCUT2D eigenvalue weighted by Crippen LogP contribution is -2.12. The Kier molecular flexibility index (Phi) is 8.45. The van der Waals surface area contributed by atoms with Gasteiger partial charge in [-0.05, 0) is 44.5 Å². The van der Waals surface area contributed by atoms with Crippen molar-refractivity contribution in [2.75, 3.05) is 18.2 Å². The first-order valence-corrected chi connectivity index (χ1v) is 10.2. The minimum atomic E-state index is -3.24. The fourth-order valence-electron chi connectivity index (χ4n) is 2.25. The number of benzene rings is 1. The zero-order chi connectivity index (χ0) is 19.7. The second kappa shape index (κ2) is 10.1. The van der Waals surface area contributed by atoms with Crippen molar-refractivity contribution in [1.29, 1.82) is 0 Å². The van der Waals surface area contributed by atoms with E-state index in [1.807, 2.05) is 19.1 Å². The second-order valence-corrected chi connectivity index (χ2v) is 8.05. The highest BCUT2D eigenvalue weighted by Gasteiger charge is 2.10. The topological polar surface area (TPSA) is 49.7 Å². The number of aliphatic imine (C=N–C) groups is 1. The third kappa shape index (κ3) is 6.96. The predicted molar refractivity (Wildman–Crippen MR) is 108 cm³/mol. The van der Waals surface area contributed by atoms with Gasteiger partial charge in [0.15, 0.2) is 9.84 Å². The molecule has 142 valence electrons. The molecule has 2 unspecified atom stereocenters. The maximum Gasteiger partial charge on any atom is 0.175 e. The Labute approximate surface area is 156 Å². The number of alkyl halides is 1. The summed E-state index contributed by atoms with van der Waals surface area (Å²) >= 11 is 0. The number of hydrogen-bond donors (Lipinski definition) is 0. The van der Waals surface area contributed by atoms with Gasteiger partial charge in [-0.3, -0.25) is 4.99 Å². The molecule has 2 atom stereocenters. The Bertz CT molecular complexity index is 779. The van der Waals surface area contributed by atoms with Gasteiger partial charge in [0.05, 0.1) is 10.6 Å². The summed E-state index contributed by atoms with van der Waals surface area (Å²) in [5.74, 6) is 0.0685. The van der Waals surface area contributed by atoms with Crippen molar-refractivity contribution in [2.24, 2.45) is 10.9 Å². The summed E-state index contributed by atoms with van der Waals surface area (Å²) in [5.41, 5.74) is 1.03. The van der Waals surface area contributed by atoms with Gasteiger partial charge >= 0.3 is 0 Å². The molecule has 1 rings (SSSR count). The summed E-state index contributed by atoms with van der Waals surface area (Å²) in [4.78, 5) is 6.27. The molecule has 26 heavy (non-hydrogen) atoms. The van der Waals surface area contributed by atoms with E-state index >= 15 is 0 Å². The number of hydrogen-bond acceptors (Lipinski definition) is 4. The van der Waals surface area contributed by atoms with Crippen LogP contribution in [0.5, 0.6) is 0 Å². The van der Waals surface area contributed by atoms with E-state index in [2.05, 4.69) is 11.6 Å². The van der Waals surface area contributed by atoms with Gasteiger partial charge in [0, 0.05) is 37.3 Å². The predicted octanol–water partition coefficient (Wildman–Crippen LogP) is 4.56. The van der Waals surface area contributed by atoms with Gasteiger partial charge in [0.1, 0.15) is 6.17 Å². The normalized spacial score (nSPS) is 15.3. The second-order valence-electron chi connectivity index (χ2n) is 6.04. The fraction of sp³-hybridized carbons (Fsp3) is 0.350. The average Bonchev–Trinajstić information content (AvgIpc) is 2.57. The maximum absolute atomic E-state index is 14.0. The smallest absolute Gasteiger partial charge is 0.175 e. The molecule has 0 saturated carbocycles. The van der Waals surface area contributed by atoms with Crippen molar-refractivity contribution in [3.63, 3.8) is 0 Å². The number of halogens is 1. The summed E-state index contributed by atoms with van der Waals surface area (Å²) in [6, 6.07) is 6.42. The summed E-state index contributed by atoms with van der Waals surface area (Å²) in [5, 5.41) is 0. The van der Waals surface area contributed by atoms with Crippen molar-refractivity contribution < 1.29 is 12.8 Å². The standard InChI is InChI=1S/C20H27FN2O2S/c1-6-8-17(9-7-2)14-22-20(16(3)21)15-23(4)18-10-12-19(13-11-18)26(5,24)25/h6-7,9-17H,1,8H2,2-5H3/b9-7-,20-15-,22-14?. The van der Waals surface area contributed by atoms with Gasteiger partial charge < -0.3 is 4.90 Å². The highest BCUT2D eigenvalue weighted by molar-refractivity contribution is 7.90. The van der Waals surface area contributed by atoms with Crippen LogP contribution in [0, 0.1) is 5.92 Å². The van der Waals surface area contributed by atoms with E-state index in [-0.39, 0.29) is 10.8 Å². The van der Waals surface area contributed by atoms with Gasteiger partial charge in [-0.15, -0.1) is 6.58 Å². The first-order valence-electron chi connectivity index (χ1n) is 8.35. The van der Waals surface area contributed by atoms with Crippen LogP contribution in [0.25, 0.3) is 0 Å². The molecule has 0 radical (unpaired) electrons. The quantitative estimate of drug-likeness (QED) is 0.467. The van der Waals surface area contributed by atoms with Crippen molar-refractivity contribution in [3.8, 4) is 0 Å². The SMILES string of the molecule is C=CCC(C=N/C(=C\N(C)c1ccc(S(C)(=O)=O)cc1)C(C)F)/C=C\C. The maximum atomic E-state index is 14.0. The molecule has 0 N–H and O–H groups in total. The Morgan fingerprint density at radius 3 is 2.42 bits per heavy atom. The monoisotopic (exact) mass is 378 g/mol. The molecule has 1 aromatic carbocycles. The molecule has 4 nitrogen and oxygen atoms in total. The van der Waals surface area contributed by atoms with Crippen molar-refractivity contribution in [2.45, 2.75) is 31.3 Å². The van der Waals surface area contributed by atoms with Crippen LogP contribution in [0.2, 0.25) is 0 Å². The van der Waals surface area contributed by atoms with E-state index in [9.17, 15) is 12.8 Å². The molecule has 0 aliphatic heterocycles. The van der Waals surface area contributed by atoms with Crippen LogP contribution < -0.4 is 4.90 Å². The number of allylic oxidation sites excluding steroid dienone is 4. The summed E-state index contributed by atoms with van der Waals surface area (Å²) < 4.78 is 37.0. The van der Waals surface area contributed by atoms with E-state index in [1.54, 1.807) is 42.6 Å². The molecule has 0 fully saturated rings. The number of anilines is 1. The lowest BCUT2D eigenvalue weighted by Gasteiger charge is -2.17. The molecule has 0 spiro atoms. The van der Waals surface area contributed by atoms with Crippen molar-refractivity contribution in [1.82, 2.24) is 0 Å². The zero-order valence-electron chi connectivity index (χ0n) is 15.8. The third-order valence-electron chi connectivity index (χ3n) is 3.70. The zero-order valence-corrected chi connectivity index (χ0v) is 16.6. The Morgan fingerprint density at radius 1 is 1.35 bits per heavy atom. The van der Waals surface area contributed by atoms with E-state index in [0.717, 1.165) is 18.4 Å². The number of sulfone groups is 1. The molecule has 1 aromatic rings. The first-order chi connectivity index (χ1) is 12.2. The molecule has 0 amide bonds. The molecule has 0 saturated heterocycles. The Hall–Kier alpha value is -2.21. The Morgan fingerprint density at radius 2 is 1.96 bits per heavy atom. The van der Waals surface area contributed by atoms with E-state index in [0.29, 0.717) is 5.70 Å². The summed E-state index contributed by atoms with van der Waals surface area (Å²) in [6.07, 6.45) is 9.68. The van der Waals surface area contributed by atoms with Crippen LogP contribution in [0.15, 0.2) is 70.9 Å². The largest absolute Gasteiger partial charge is 0.349 e. The van der Waals surface area contributed by atoms with Crippen LogP contribution in [-0.4, -0.2) is 34.1 Å². The van der Waals surface area contributed by atoms with Gasteiger partial charge in [-0.25, -0.2) is 12.8 Å². The fourth-order valence-corrected chi connectivity index (χ4v) is 2.88. The van der Waals surface area contributed by atoms with Crippen molar-refractivity contribution >= 4 is 21.7 Å². The number of rotatable bonds is 9. The minimum absolute atomic E-state index is 0.0685. The van der Waals surface area contributed by atoms with Crippen LogP contribution in [0.1, 0.15) is 20.3 Å². The minimum Gasteiger partial charge on any atom is -0.349 e. The van der Waals surface area contributed by atoms with Gasteiger partial charge in [-0.2, -0.15) is 0 Å². The van der Waals surface area contributed by atoms with Crippen LogP contribution in [0.4, 0.5) is 10.1 Å². The van der Waals surface area contributed by atoms with E-state index in [1.165, 1.54) is 19.1 Å². The molecule has 0 bridgehead atoms. The lowest BCUT2D eigenvalue weighted by molar-refractivity contribution is 0.408. The van der Waals surface area contributed by atoms with Gasteiger partial charge in [-0.1, -0.05) is 18.2 Å². The average molecular weight is 379 g/mol. The van der Waals surface area contributed by atoms with Crippen molar-refractivity contribution in [3.05, 3.63) is 61.0 Å². The van der Waals surface area contributed by atoms with Crippen LogP contribution in [0.3, 0.4) is 0 Å². The molecule has 0 aliphatic carbocycles. The third-order valence-corrected chi connectivity index (χ3v) is 4.83. The highest BCUT2D eigenvalue weighted by Crippen LogP contribution is 2.19. The van der Waals surface area contributed by atoms with E-state index in [4.69, 9.17) is 0 Å². The van der Waals surface area contributed by atoms with Gasteiger partial charge in [0.2, 0.25) is 0 Å². The summed E-state index contributed by atoms with van der Waals surface area (Å²) in [7, 11) is -1.48. The Balaban J connectivity index is 3.05. The molecule has 0 heterocycles. The first kappa shape index (κ1) is 21.8. The highest BCUT2D eigenvalue weighted by atomic mass is 32.2. The lowest BCUT2D eigenvalue weighted by atomic mass is 10.1. The summed E-state index contributed by atoms with van der Waals surface area (Å²) in [6.45, 7) is 7.08. The molecular formula is C20H27FN2O2S. The number of nitrogens with zero attached hydrogens (tertiary/aromatic N) is 2.